The Labute approximate surface area is 134 Å². The van der Waals surface area contributed by atoms with Crippen LogP contribution >= 0.6 is 46.4 Å². The molecule has 1 aromatic rings. The number of carbonyl (C=O) groups excluding carboxylic acids is 1. The van der Waals surface area contributed by atoms with Crippen LogP contribution in [-0.2, 0) is 0 Å². The smallest absolute Gasteiger partial charge is 0.166 e. The maximum absolute atomic E-state index is 12.3. The Morgan fingerprint density at radius 3 is 2.11 bits per heavy atom. The van der Waals surface area contributed by atoms with Crippen molar-refractivity contribution in [2.24, 2.45) is 11.3 Å². The first kappa shape index (κ1) is 17.1. The van der Waals surface area contributed by atoms with Crippen LogP contribution in [0.3, 0.4) is 0 Å². The van der Waals surface area contributed by atoms with Gasteiger partial charge in [-0.3, -0.25) is 4.79 Å². The maximum Gasteiger partial charge on any atom is 0.166 e. The van der Waals surface area contributed by atoms with E-state index in [-0.39, 0.29) is 42.8 Å². The second-order valence-corrected chi connectivity index (χ2v) is 7.31. The van der Waals surface area contributed by atoms with Gasteiger partial charge < -0.3 is 0 Å². The molecule has 106 valence electrons. The fraction of sp³-hybridized carbons (Fsp3) is 0.500. The molecule has 0 bridgehead atoms. The summed E-state index contributed by atoms with van der Waals surface area (Å²) in [6.45, 7) is 8.28. The quantitative estimate of drug-likeness (QED) is 0.346. The normalized spacial score (nSPS) is 13.5. The van der Waals surface area contributed by atoms with Crippen LogP contribution in [0.15, 0.2) is 6.07 Å². The lowest BCUT2D eigenvalue weighted by Crippen LogP contribution is -2.21. The van der Waals surface area contributed by atoms with E-state index in [0.29, 0.717) is 6.42 Å². The zero-order valence-electron chi connectivity index (χ0n) is 11.3. The van der Waals surface area contributed by atoms with Gasteiger partial charge in [0.1, 0.15) is 0 Å². The predicted molar refractivity (Wildman–Crippen MR) is 84.0 cm³/mol. The molecule has 0 aliphatic carbocycles. The van der Waals surface area contributed by atoms with Crippen LogP contribution in [-0.4, -0.2) is 5.78 Å². The van der Waals surface area contributed by atoms with Crippen LogP contribution in [0.25, 0.3) is 0 Å². The summed E-state index contributed by atoms with van der Waals surface area (Å²) in [7, 11) is 0. The molecule has 0 saturated heterocycles. The third-order valence-corrected chi connectivity index (χ3v) is 4.92. The van der Waals surface area contributed by atoms with E-state index in [4.69, 9.17) is 46.4 Å². The SMILES string of the molecule is CC(CC(=O)c1c(Cl)cc(Cl)c(Cl)c1Cl)C(C)(C)C. The Bertz CT molecular complexity index is 503. The molecule has 0 amide bonds. The number of carbonyl (C=O) groups is 1. The van der Waals surface area contributed by atoms with E-state index >= 15 is 0 Å². The van der Waals surface area contributed by atoms with Gasteiger partial charge in [0.15, 0.2) is 5.78 Å². The average molecular weight is 342 g/mol. The molecule has 1 unspecified atom stereocenters. The molecule has 0 aliphatic rings. The fourth-order valence-corrected chi connectivity index (χ4v) is 2.63. The van der Waals surface area contributed by atoms with Gasteiger partial charge in [-0.15, -0.1) is 0 Å². The van der Waals surface area contributed by atoms with Gasteiger partial charge in [0.25, 0.3) is 0 Å². The molecular formula is C14H16Cl4O. The third kappa shape index (κ3) is 4.01. The van der Waals surface area contributed by atoms with E-state index in [1.54, 1.807) is 0 Å². The molecule has 1 rings (SSSR count). The average Bonchev–Trinajstić information content (AvgIpc) is 2.24. The van der Waals surface area contributed by atoms with E-state index in [0.717, 1.165) is 0 Å². The Kier molecular flexibility index (Phi) is 5.60. The lowest BCUT2D eigenvalue weighted by molar-refractivity contribution is 0.0927. The Hall–Kier alpha value is 0.0500. The van der Waals surface area contributed by atoms with Crippen LogP contribution in [0.5, 0.6) is 0 Å². The highest BCUT2D eigenvalue weighted by molar-refractivity contribution is 6.51. The summed E-state index contributed by atoms with van der Waals surface area (Å²) in [6.07, 6.45) is 0.362. The van der Waals surface area contributed by atoms with Crippen molar-refractivity contribution in [1.29, 1.82) is 0 Å². The summed E-state index contributed by atoms with van der Waals surface area (Å²) in [5.41, 5.74) is 0.291. The summed E-state index contributed by atoms with van der Waals surface area (Å²) in [5, 5.41) is 0.785. The largest absolute Gasteiger partial charge is 0.294 e. The molecule has 1 aromatic carbocycles. The number of rotatable bonds is 3. The van der Waals surface area contributed by atoms with Crippen LogP contribution in [0.4, 0.5) is 0 Å². The summed E-state index contributed by atoms with van der Waals surface area (Å²) in [5.74, 6) is 0.0811. The molecule has 0 fully saturated rings. The number of Topliss-reactive ketones (excluding diaryl/α,β-unsaturated/α-hetero) is 1. The van der Waals surface area contributed by atoms with Crippen molar-refractivity contribution in [3.8, 4) is 0 Å². The standard InChI is InChI=1S/C14H16Cl4O/c1-7(14(2,3)4)5-10(19)11-8(15)6-9(16)12(17)13(11)18/h6-7H,5H2,1-4H3. The summed E-state index contributed by atoms with van der Waals surface area (Å²) >= 11 is 23.9. The zero-order valence-corrected chi connectivity index (χ0v) is 14.3. The first-order valence-corrected chi connectivity index (χ1v) is 7.43. The minimum Gasteiger partial charge on any atom is -0.294 e. The Balaban J connectivity index is 3.11. The molecule has 0 aliphatic heterocycles. The van der Waals surface area contributed by atoms with Gasteiger partial charge in [-0.25, -0.2) is 0 Å². The summed E-state index contributed by atoms with van der Waals surface area (Å²) in [4.78, 5) is 12.3. The molecule has 0 N–H and O–H groups in total. The highest BCUT2D eigenvalue weighted by Crippen LogP contribution is 2.39. The molecule has 0 heterocycles. The second kappa shape index (κ2) is 6.22. The van der Waals surface area contributed by atoms with Crippen LogP contribution in [0.2, 0.25) is 20.1 Å². The van der Waals surface area contributed by atoms with Gasteiger partial charge in [-0.2, -0.15) is 0 Å². The number of hydrogen-bond acceptors (Lipinski definition) is 1. The lowest BCUT2D eigenvalue weighted by atomic mass is 9.78. The molecule has 19 heavy (non-hydrogen) atoms. The van der Waals surface area contributed by atoms with Crippen molar-refractivity contribution in [1.82, 2.24) is 0 Å². The number of hydrogen-bond donors (Lipinski definition) is 0. The van der Waals surface area contributed by atoms with Crippen molar-refractivity contribution >= 4 is 52.2 Å². The minimum absolute atomic E-state index is 0.0326. The highest BCUT2D eigenvalue weighted by atomic mass is 35.5. The minimum atomic E-state index is -0.115. The van der Waals surface area contributed by atoms with E-state index in [1.807, 2.05) is 6.92 Å². The van der Waals surface area contributed by atoms with Gasteiger partial charge in [0.2, 0.25) is 0 Å². The number of halogens is 4. The second-order valence-electron chi connectivity index (χ2n) is 5.74. The molecule has 0 radical (unpaired) electrons. The first-order chi connectivity index (χ1) is 8.55. The predicted octanol–water partition coefficient (Wildman–Crippen LogP) is 6.56. The van der Waals surface area contributed by atoms with Gasteiger partial charge >= 0.3 is 0 Å². The van der Waals surface area contributed by atoms with Crippen LogP contribution < -0.4 is 0 Å². The maximum atomic E-state index is 12.3. The van der Waals surface area contributed by atoms with E-state index in [1.165, 1.54) is 6.07 Å². The van der Waals surface area contributed by atoms with E-state index in [9.17, 15) is 4.79 Å². The van der Waals surface area contributed by atoms with Crippen molar-refractivity contribution < 1.29 is 4.79 Å². The van der Waals surface area contributed by atoms with Crippen molar-refractivity contribution in [2.75, 3.05) is 0 Å². The van der Waals surface area contributed by atoms with E-state index < -0.39 is 0 Å². The van der Waals surface area contributed by atoms with Crippen LogP contribution in [0, 0.1) is 11.3 Å². The zero-order chi connectivity index (χ0) is 15.0. The summed E-state index contributed by atoms with van der Waals surface area (Å²) < 4.78 is 0. The molecule has 0 saturated carbocycles. The van der Waals surface area contributed by atoms with E-state index in [2.05, 4.69) is 20.8 Å². The van der Waals surface area contributed by atoms with Crippen molar-refractivity contribution in [3.63, 3.8) is 0 Å². The molecule has 1 atom stereocenters. The lowest BCUT2D eigenvalue weighted by Gasteiger charge is -2.26. The molecule has 1 nitrogen and oxygen atoms in total. The first-order valence-electron chi connectivity index (χ1n) is 5.92. The van der Waals surface area contributed by atoms with Gasteiger partial charge in [-0.1, -0.05) is 74.1 Å². The Morgan fingerprint density at radius 2 is 1.63 bits per heavy atom. The van der Waals surface area contributed by atoms with Gasteiger partial charge in [-0.05, 0) is 17.4 Å². The van der Waals surface area contributed by atoms with Crippen LogP contribution in [0.1, 0.15) is 44.5 Å². The Morgan fingerprint density at radius 1 is 1.11 bits per heavy atom. The monoisotopic (exact) mass is 340 g/mol. The van der Waals surface area contributed by atoms with Crippen molar-refractivity contribution in [2.45, 2.75) is 34.1 Å². The topological polar surface area (TPSA) is 17.1 Å². The number of benzene rings is 1. The molecular weight excluding hydrogens is 326 g/mol. The fourth-order valence-electron chi connectivity index (χ4n) is 1.51. The molecule has 0 spiro atoms. The van der Waals surface area contributed by atoms with Gasteiger partial charge in [0.05, 0.1) is 25.7 Å². The summed E-state index contributed by atoms with van der Waals surface area (Å²) in [6, 6.07) is 1.45. The van der Waals surface area contributed by atoms with Crippen molar-refractivity contribution in [3.05, 3.63) is 31.7 Å². The number of ketones is 1. The van der Waals surface area contributed by atoms with Gasteiger partial charge in [0, 0.05) is 6.42 Å². The highest BCUT2D eigenvalue weighted by Gasteiger charge is 2.26. The molecule has 5 heteroatoms. The molecule has 0 aromatic heterocycles. The third-order valence-electron chi connectivity index (χ3n) is 3.36.